The fraction of sp³-hybridized carbons (Fsp3) is 0.500. The van der Waals surface area contributed by atoms with Crippen LogP contribution in [0.5, 0.6) is 0 Å². The molecule has 3 aromatic rings. The van der Waals surface area contributed by atoms with E-state index in [4.69, 9.17) is 16.6 Å². The average Bonchev–Trinajstić information content (AvgIpc) is 2.83. The van der Waals surface area contributed by atoms with Crippen LogP contribution in [0.2, 0.25) is 5.02 Å². The van der Waals surface area contributed by atoms with Crippen molar-refractivity contribution >= 4 is 28.4 Å². The van der Waals surface area contributed by atoms with Crippen LogP contribution in [0.25, 0.3) is 22.3 Å². The number of amides is 1. The zero-order valence-electron chi connectivity index (χ0n) is 22.0. The predicted octanol–water partition coefficient (Wildman–Crippen LogP) is 5.47. The first-order chi connectivity index (χ1) is 17.8. The highest BCUT2D eigenvalue weighted by molar-refractivity contribution is 6.30. The minimum Gasteiger partial charge on any atom is -0.352 e. The molecule has 5 rings (SSSR count). The third kappa shape index (κ3) is 5.91. The normalized spacial score (nSPS) is 20.8. The van der Waals surface area contributed by atoms with E-state index in [0.29, 0.717) is 33.2 Å². The van der Waals surface area contributed by atoms with Crippen molar-refractivity contribution in [3.63, 3.8) is 0 Å². The topological polar surface area (TPSA) is 67.2 Å². The molecule has 6 nitrogen and oxygen atoms in total. The number of nitrogens with one attached hydrogen (secondary N) is 1. The highest BCUT2D eigenvalue weighted by atomic mass is 35.5. The third-order valence-electron chi connectivity index (χ3n) is 7.91. The lowest BCUT2D eigenvalue weighted by Gasteiger charge is -2.40. The molecular weight excluding hydrogens is 484 g/mol. The minimum atomic E-state index is -0.216. The molecule has 1 aromatic heterocycles. The van der Waals surface area contributed by atoms with Crippen molar-refractivity contribution in [1.82, 2.24) is 19.8 Å². The van der Waals surface area contributed by atoms with Crippen LogP contribution in [-0.2, 0) is 11.3 Å². The summed E-state index contributed by atoms with van der Waals surface area (Å²) in [5, 5.41) is 4.01. The van der Waals surface area contributed by atoms with Gasteiger partial charge in [-0.1, -0.05) is 36.7 Å². The first-order valence-electron chi connectivity index (χ1n) is 13.6. The molecule has 2 aromatic carbocycles. The van der Waals surface area contributed by atoms with Crippen LogP contribution in [-0.4, -0.2) is 46.0 Å². The predicted molar refractivity (Wildman–Crippen MR) is 150 cm³/mol. The van der Waals surface area contributed by atoms with E-state index >= 15 is 0 Å². The Morgan fingerprint density at radius 1 is 1.14 bits per heavy atom. The van der Waals surface area contributed by atoms with Crippen LogP contribution in [0.4, 0.5) is 0 Å². The summed E-state index contributed by atoms with van der Waals surface area (Å²) in [4.78, 5) is 33.9. The number of piperidine rings is 1. The van der Waals surface area contributed by atoms with Crippen molar-refractivity contribution in [2.24, 2.45) is 11.8 Å². The maximum atomic E-state index is 13.8. The van der Waals surface area contributed by atoms with Crippen LogP contribution >= 0.6 is 11.6 Å². The third-order valence-corrected chi connectivity index (χ3v) is 8.15. The number of nitrogens with zero attached hydrogens (tertiary/aromatic N) is 3. The van der Waals surface area contributed by atoms with Crippen LogP contribution in [0.3, 0.4) is 0 Å². The second-order valence-electron chi connectivity index (χ2n) is 11.4. The van der Waals surface area contributed by atoms with Crippen molar-refractivity contribution in [3.8, 4) is 11.4 Å². The molecule has 1 N–H and O–H groups in total. The Morgan fingerprint density at radius 2 is 1.89 bits per heavy atom. The number of hydrogen-bond donors (Lipinski definition) is 1. The Bertz CT molecular complexity index is 1340. The Kier molecular flexibility index (Phi) is 7.68. The van der Waals surface area contributed by atoms with Gasteiger partial charge in [-0.2, -0.15) is 0 Å². The first-order valence-corrected chi connectivity index (χ1v) is 14.0. The summed E-state index contributed by atoms with van der Waals surface area (Å²) in [6.07, 6.45) is 4.95. The van der Waals surface area contributed by atoms with Crippen LogP contribution in [0.1, 0.15) is 57.9 Å². The molecule has 0 bridgehead atoms. The van der Waals surface area contributed by atoms with E-state index in [-0.39, 0.29) is 24.1 Å². The van der Waals surface area contributed by atoms with Gasteiger partial charge in [-0.05, 0) is 100 Å². The Balaban J connectivity index is 1.41. The maximum absolute atomic E-state index is 13.8. The van der Waals surface area contributed by atoms with E-state index in [0.717, 1.165) is 24.7 Å². The second-order valence-corrected chi connectivity index (χ2v) is 11.8. The van der Waals surface area contributed by atoms with E-state index in [1.165, 1.54) is 42.6 Å². The lowest BCUT2D eigenvalue weighted by molar-refractivity contribution is -0.122. The van der Waals surface area contributed by atoms with Gasteiger partial charge in [0.05, 0.1) is 10.9 Å². The molecule has 1 amide bonds. The fourth-order valence-electron chi connectivity index (χ4n) is 5.77. The molecule has 0 spiro atoms. The Labute approximate surface area is 224 Å². The fourth-order valence-corrected chi connectivity index (χ4v) is 5.96. The van der Waals surface area contributed by atoms with Gasteiger partial charge in [-0.15, -0.1) is 0 Å². The van der Waals surface area contributed by atoms with Crippen LogP contribution < -0.4 is 10.9 Å². The quantitative estimate of drug-likeness (QED) is 0.448. The average molecular weight is 521 g/mol. The molecule has 1 saturated carbocycles. The van der Waals surface area contributed by atoms with Gasteiger partial charge in [0.2, 0.25) is 5.91 Å². The number of rotatable bonds is 7. The summed E-state index contributed by atoms with van der Waals surface area (Å²) in [5.74, 6) is 2.30. The van der Waals surface area contributed by atoms with E-state index in [1.54, 1.807) is 12.1 Å². The summed E-state index contributed by atoms with van der Waals surface area (Å²) in [6.45, 7) is 9.72. The lowest BCUT2D eigenvalue weighted by Crippen LogP contribution is -2.40. The number of likely N-dealkylation sites (tertiary alicyclic amines) is 1. The van der Waals surface area contributed by atoms with Gasteiger partial charge in [0, 0.05) is 23.2 Å². The molecule has 7 heteroatoms. The van der Waals surface area contributed by atoms with Crippen molar-refractivity contribution in [2.75, 3.05) is 19.6 Å². The monoisotopic (exact) mass is 520 g/mol. The zero-order chi connectivity index (χ0) is 26.1. The molecule has 0 unspecified atom stereocenters. The molecule has 0 radical (unpaired) electrons. The van der Waals surface area contributed by atoms with Gasteiger partial charge >= 0.3 is 0 Å². The van der Waals surface area contributed by atoms with Gasteiger partial charge in [0.25, 0.3) is 5.56 Å². The zero-order valence-corrected chi connectivity index (χ0v) is 22.8. The molecule has 1 aliphatic heterocycles. The van der Waals surface area contributed by atoms with Crippen molar-refractivity contribution in [2.45, 2.75) is 65.0 Å². The van der Waals surface area contributed by atoms with Crippen molar-refractivity contribution < 1.29 is 4.79 Å². The van der Waals surface area contributed by atoms with Crippen LogP contribution in [0, 0.1) is 11.8 Å². The number of aromatic nitrogens is 2. The molecule has 0 atom stereocenters. The molecule has 1 saturated heterocycles. The number of halogens is 1. The van der Waals surface area contributed by atoms with Gasteiger partial charge in [0.15, 0.2) is 0 Å². The van der Waals surface area contributed by atoms with Crippen LogP contribution in [0.15, 0.2) is 47.3 Å². The van der Waals surface area contributed by atoms with Crippen molar-refractivity contribution in [3.05, 3.63) is 63.4 Å². The minimum absolute atomic E-state index is 0.0160. The molecule has 2 fully saturated rings. The lowest BCUT2D eigenvalue weighted by atomic mass is 9.71. The number of hydrogen-bond acceptors (Lipinski definition) is 4. The van der Waals surface area contributed by atoms with E-state index in [2.05, 4.69) is 23.2 Å². The van der Waals surface area contributed by atoms with E-state index in [9.17, 15) is 9.59 Å². The van der Waals surface area contributed by atoms with Crippen molar-refractivity contribution in [1.29, 1.82) is 0 Å². The standard InChI is InChI=1S/C30H37ClN4O2/c1-19(2)32-28(36)18-35-29(23-5-4-6-25(31)15-23)33-27-8-7-22(16-26(27)30(35)37)24-13-21(14-24)17-34-11-9-20(3)10-12-34/h4-8,15-16,19-21,24H,9-14,17-18H2,1-3H3,(H,32,36). The molecular formula is C30H37ClN4O2. The maximum Gasteiger partial charge on any atom is 0.262 e. The summed E-state index contributed by atoms with van der Waals surface area (Å²) >= 11 is 6.24. The summed E-state index contributed by atoms with van der Waals surface area (Å²) in [7, 11) is 0. The molecule has 2 heterocycles. The summed E-state index contributed by atoms with van der Waals surface area (Å²) in [5.41, 5.74) is 2.35. The highest BCUT2D eigenvalue weighted by Crippen LogP contribution is 2.42. The largest absolute Gasteiger partial charge is 0.352 e. The smallest absolute Gasteiger partial charge is 0.262 e. The van der Waals surface area contributed by atoms with E-state index < -0.39 is 0 Å². The number of benzene rings is 2. The summed E-state index contributed by atoms with van der Waals surface area (Å²) < 4.78 is 1.48. The Hall–Kier alpha value is -2.70. The highest BCUT2D eigenvalue weighted by Gasteiger charge is 2.32. The van der Waals surface area contributed by atoms with E-state index in [1.807, 2.05) is 38.1 Å². The number of carbonyl (C=O) groups is 1. The molecule has 1 aliphatic carbocycles. The summed E-state index contributed by atoms with van der Waals surface area (Å²) in [6, 6.07) is 13.3. The Morgan fingerprint density at radius 3 is 2.59 bits per heavy atom. The molecule has 2 aliphatic rings. The number of fused-ring (bicyclic) bond motifs is 1. The number of carbonyl (C=O) groups excluding carboxylic acids is 1. The van der Waals surface area contributed by atoms with Gasteiger partial charge in [0.1, 0.15) is 12.4 Å². The van der Waals surface area contributed by atoms with Gasteiger partial charge < -0.3 is 10.2 Å². The first kappa shape index (κ1) is 25.9. The van der Waals surface area contributed by atoms with Gasteiger partial charge in [-0.3, -0.25) is 14.2 Å². The second kappa shape index (κ2) is 11.0. The molecule has 37 heavy (non-hydrogen) atoms. The molecule has 196 valence electrons. The SMILES string of the molecule is CC1CCN(CC2CC(c3ccc4nc(-c5cccc(Cl)c5)n(CC(=O)NC(C)C)c(=O)c4c3)C2)CC1. The van der Waals surface area contributed by atoms with Gasteiger partial charge in [-0.25, -0.2) is 4.98 Å².